The minimum Gasteiger partial charge on any atom is -0.467 e. The Kier molecular flexibility index (Phi) is 5.01. The number of furan rings is 1. The van der Waals surface area contributed by atoms with Crippen molar-refractivity contribution in [2.45, 2.75) is 59.7 Å². The van der Waals surface area contributed by atoms with E-state index in [4.69, 9.17) is 4.42 Å². The van der Waals surface area contributed by atoms with E-state index in [9.17, 15) is 0 Å². The Morgan fingerprint density at radius 2 is 2.05 bits per heavy atom. The molecule has 2 aromatic rings. The summed E-state index contributed by atoms with van der Waals surface area (Å²) >= 11 is 0. The van der Waals surface area contributed by atoms with Gasteiger partial charge in [0.15, 0.2) is 0 Å². The van der Waals surface area contributed by atoms with Crippen molar-refractivity contribution in [3.05, 3.63) is 41.1 Å². The lowest BCUT2D eigenvalue weighted by atomic mass is 10.2. The van der Waals surface area contributed by atoms with Crippen LogP contribution < -0.4 is 5.32 Å². The fourth-order valence-corrected chi connectivity index (χ4v) is 2.18. The molecule has 4 heteroatoms. The van der Waals surface area contributed by atoms with Crippen LogP contribution in [0.15, 0.2) is 22.8 Å². The first-order chi connectivity index (χ1) is 9.62. The van der Waals surface area contributed by atoms with E-state index in [2.05, 4.69) is 54.9 Å². The molecule has 0 saturated carbocycles. The van der Waals surface area contributed by atoms with E-state index in [1.54, 1.807) is 0 Å². The summed E-state index contributed by atoms with van der Waals surface area (Å²) in [6, 6.07) is 4.78. The zero-order valence-corrected chi connectivity index (χ0v) is 12.9. The minimum absolute atomic E-state index is 0.485. The Morgan fingerprint density at radius 1 is 1.25 bits per heavy atom. The van der Waals surface area contributed by atoms with Crippen LogP contribution in [0.5, 0.6) is 0 Å². The molecule has 0 bridgehead atoms. The molecule has 0 aromatic carbocycles. The molecule has 0 atom stereocenters. The Hall–Kier alpha value is -1.55. The number of aryl methyl sites for hydroxylation is 2. The van der Waals surface area contributed by atoms with Crippen molar-refractivity contribution in [3.8, 4) is 0 Å². The highest BCUT2D eigenvalue weighted by Gasteiger charge is 2.09. The number of hydrogen-bond donors (Lipinski definition) is 1. The van der Waals surface area contributed by atoms with Crippen LogP contribution in [0.25, 0.3) is 0 Å². The smallest absolute Gasteiger partial charge is 0.125 e. The fraction of sp³-hybridized carbons (Fsp3) is 0.562. The van der Waals surface area contributed by atoms with Crippen LogP contribution in [0, 0.1) is 0 Å². The standard InChI is InChI=1S/C16H25N3O/c1-5-14-8-15(6-2)19(18-14)10-16-7-13(11-20-16)9-17-12(3)4/h7-8,11-12,17H,5-6,9-10H2,1-4H3. The van der Waals surface area contributed by atoms with Crippen LogP contribution in [0.3, 0.4) is 0 Å². The number of rotatable bonds is 7. The zero-order chi connectivity index (χ0) is 14.5. The molecule has 4 nitrogen and oxygen atoms in total. The van der Waals surface area contributed by atoms with Crippen LogP contribution in [0.4, 0.5) is 0 Å². The molecule has 0 aliphatic rings. The van der Waals surface area contributed by atoms with Crippen LogP contribution in [0.2, 0.25) is 0 Å². The maximum Gasteiger partial charge on any atom is 0.125 e. The van der Waals surface area contributed by atoms with Crippen molar-refractivity contribution < 1.29 is 4.42 Å². The number of aromatic nitrogens is 2. The van der Waals surface area contributed by atoms with Crippen LogP contribution >= 0.6 is 0 Å². The van der Waals surface area contributed by atoms with Crippen molar-refractivity contribution >= 4 is 0 Å². The van der Waals surface area contributed by atoms with Gasteiger partial charge in [-0.15, -0.1) is 0 Å². The topological polar surface area (TPSA) is 43.0 Å². The lowest BCUT2D eigenvalue weighted by Crippen LogP contribution is -2.21. The van der Waals surface area contributed by atoms with Gasteiger partial charge in [0.1, 0.15) is 5.76 Å². The second kappa shape index (κ2) is 6.75. The summed E-state index contributed by atoms with van der Waals surface area (Å²) in [6.07, 6.45) is 3.80. The number of hydrogen-bond acceptors (Lipinski definition) is 3. The van der Waals surface area contributed by atoms with E-state index in [0.717, 1.165) is 30.8 Å². The van der Waals surface area contributed by atoms with Gasteiger partial charge in [-0.05, 0) is 25.0 Å². The van der Waals surface area contributed by atoms with Gasteiger partial charge in [-0.1, -0.05) is 27.7 Å². The van der Waals surface area contributed by atoms with Crippen molar-refractivity contribution in [3.63, 3.8) is 0 Å². The molecule has 0 fully saturated rings. The third-order valence-corrected chi connectivity index (χ3v) is 3.37. The van der Waals surface area contributed by atoms with Gasteiger partial charge < -0.3 is 9.73 Å². The summed E-state index contributed by atoms with van der Waals surface area (Å²) in [4.78, 5) is 0. The average Bonchev–Trinajstić information content (AvgIpc) is 3.03. The van der Waals surface area contributed by atoms with Gasteiger partial charge in [0, 0.05) is 23.8 Å². The van der Waals surface area contributed by atoms with Gasteiger partial charge in [-0.3, -0.25) is 4.68 Å². The first-order valence-corrected chi connectivity index (χ1v) is 7.47. The predicted molar refractivity (Wildman–Crippen MR) is 80.8 cm³/mol. The molecule has 20 heavy (non-hydrogen) atoms. The lowest BCUT2D eigenvalue weighted by Gasteiger charge is -2.05. The van der Waals surface area contributed by atoms with E-state index < -0.39 is 0 Å². The SMILES string of the molecule is CCc1cc(CC)n(Cc2cc(CNC(C)C)co2)n1. The second-order valence-electron chi connectivity index (χ2n) is 5.45. The van der Waals surface area contributed by atoms with Crippen molar-refractivity contribution in [1.29, 1.82) is 0 Å². The Labute approximate surface area is 121 Å². The first kappa shape index (κ1) is 14.9. The summed E-state index contributed by atoms with van der Waals surface area (Å²) in [6.45, 7) is 10.1. The monoisotopic (exact) mass is 275 g/mol. The molecular formula is C16H25N3O. The summed E-state index contributed by atoms with van der Waals surface area (Å²) < 4.78 is 7.70. The van der Waals surface area contributed by atoms with Crippen molar-refractivity contribution in [2.24, 2.45) is 0 Å². The molecule has 1 N–H and O–H groups in total. The molecule has 0 radical (unpaired) electrons. The zero-order valence-electron chi connectivity index (χ0n) is 12.9. The van der Waals surface area contributed by atoms with Gasteiger partial charge in [-0.2, -0.15) is 5.10 Å². The normalized spacial score (nSPS) is 11.4. The van der Waals surface area contributed by atoms with Crippen molar-refractivity contribution in [2.75, 3.05) is 0 Å². The van der Waals surface area contributed by atoms with E-state index in [-0.39, 0.29) is 0 Å². The molecular weight excluding hydrogens is 250 g/mol. The molecule has 0 aliphatic carbocycles. The van der Waals surface area contributed by atoms with E-state index >= 15 is 0 Å². The quantitative estimate of drug-likeness (QED) is 0.844. The largest absolute Gasteiger partial charge is 0.467 e. The fourth-order valence-electron chi connectivity index (χ4n) is 2.18. The third-order valence-electron chi connectivity index (χ3n) is 3.37. The second-order valence-corrected chi connectivity index (χ2v) is 5.45. The van der Waals surface area contributed by atoms with Gasteiger partial charge in [0.2, 0.25) is 0 Å². The average molecular weight is 275 g/mol. The number of nitrogens with zero attached hydrogens (tertiary/aromatic N) is 2. The summed E-state index contributed by atoms with van der Waals surface area (Å²) in [5, 5.41) is 8.01. The highest BCUT2D eigenvalue weighted by atomic mass is 16.3. The summed E-state index contributed by atoms with van der Waals surface area (Å²) in [5.74, 6) is 0.964. The first-order valence-electron chi connectivity index (χ1n) is 7.47. The van der Waals surface area contributed by atoms with E-state index in [0.29, 0.717) is 12.6 Å². The Balaban J connectivity index is 2.04. The predicted octanol–water partition coefficient (Wildman–Crippen LogP) is 3.15. The maximum atomic E-state index is 5.64. The van der Waals surface area contributed by atoms with Gasteiger partial charge in [-0.25, -0.2) is 0 Å². The summed E-state index contributed by atoms with van der Waals surface area (Å²) in [7, 11) is 0. The van der Waals surface area contributed by atoms with Crippen LogP contribution in [-0.4, -0.2) is 15.8 Å². The molecule has 0 saturated heterocycles. The van der Waals surface area contributed by atoms with Gasteiger partial charge in [0.05, 0.1) is 18.5 Å². The third kappa shape index (κ3) is 3.73. The van der Waals surface area contributed by atoms with Crippen LogP contribution in [-0.2, 0) is 25.9 Å². The van der Waals surface area contributed by atoms with E-state index in [1.807, 2.05) is 6.26 Å². The molecule has 0 unspecified atom stereocenters. The van der Waals surface area contributed by atoms with Crippen LogP contribution in [0.1, 0.15) is 50.4 Å². The molecule has 2 rings (SSSR count). The lowest BCUT2D eigenvalue weighted by molar-refractivity contribution is 0.471. The molecule has 0 spiro atoms. The Bertz CT molecular complexity index is 540. The molecule has 0 aliphatic heterocycles. The summed E-state index contributed by atoms with van der Waals surface area (Å²) in [5.41, 5.74) is 3.60. The van der Waals surface area contributed by atoms with Crippen molar-refractivity contribution in [1.82, 2.24) is 15.1 Å². The molecule has 110 valence electrons. The Morgan fingerprint density at radius 3 is 2.70 bits per heavy atom. The van der Waals surface area contributed by atoms with Gasteiger partial charge >= 0.3 is 0 Å². The molecule has 0 amide bonds. The van der Waals surface area contributed by atoms with E-state index in [1.165, 1.54) is 11.3 Å². The molecule has 2 heterocycles. The van der Waals surface area contributed by atoms with Gasteiger partial charge in [0.25, 0.3) is 0 Å². The minimum atomic E-state index is 0.485. The highest BCUT2D eigenvalue weighted by Crippen LogP contribution is 2.13. The maximum absolute atomic E-state index is 5.64. The molecule has 2 aromatic heterocycles. The highest BCUT2D eigenvalue weighted by molar-refractivity contribution is 5.15. The number of nitrogens with one attached hydrogen (secondary N) is 1.